The van der Waals surface area contributed by atoms with Crippen LogP contribution in [0.4, 0.5) is 0 Å². The Hall–Kier alpha value is -1.50. The van der Waals surface area contributed by atoms with Crippen molar-refractivity contribution in [2.45, 2.75) is 0 Å². The topological polar surface area (TPSA) is 38.7 Å². The van der Waals surface area contributed by atoms with Crippen LogP contribution in [0.3, 0.4) is 0 Å². The van der Waals surface area contributed by atoms with Crippen LogP contribution in [0.1, 0.15) is 5.56 Å². The van der Waals surface area contributed by atoms with Gasteiger partial charge in [-0.2, -0.15) is 0 Å². The van der Waals surface area contributed by atoms with Gasteiger partial charge in [0.25, 0.3) is 0 Å². The van der Waals surface area contributed by atoms with E-state index in [1.165, 1.54) is 0 Å². The van der Waals surface area contributed by atoms with Crippen LogP contribution in [0.15, 0.2) is 24.3 Å². The maximum atomic E-state index is 8.56. The molecule has 0 saturated heterocycles. The van der Waals surface area contributed by atoms with Gasteiger partial charge >= 0.3 is 0 Å². The molecule has 0 heterocycles. The van der Waals surface area contributed by atoms with E-state index in [4.69, 9.17) is 14.6 Å². The maximum absolute atomic E-state index is 8.56. The van der Waals surface area contributed by atoms with Gasteiger partial charge in [0.15, 0.2) is 6.79 Å². The molecule has 0 fully saturated rings. The second-order valence-electron chi connectivity index (χ2n) is 2.51. The van der Waals surface area contributed by atoms with E-state index in [1.807, 2.05) is 18.2 Å². The van der Waals surface area contributed by atoms with E-state index in [9.17, 15) is 0 Å². The normalized spacial score (nSPS) is 9.00. The summed E-state index contributed by atoms with van der Waals surface area (Å²) in [5.74, 6) is 6.02. The van der Waals surface area contributed by atoms with Crippen LogP contribution in [-0.4, -0.2) is 25.6 Å². The first-order valence-corrected chi connectivity index (χ1v) is 4.19. The molecule has 0 spiro atoms. The Labute approximate surface area is 83.3 Å². The van der Waals surface area contributed by atoms with Gasteiger partial charge < -0.3 is 14.6 Å². The van der Waals surface area contributed by atoms with Crippen LogP contribution in [0.2, 0.25) is 0 Å². The molecule has 0 unspecified atom stereocenters. The molecule has 1 aromatic rings. The van der Waals surface area contributed by atoms with Crippen molar-refractivity contribution < 1.29 is 14.6 Å². The molecule has 1 aromatic carbocycles. The summed E-state index contributed by atoms with van der Waals surface area (Å²) < 4.78 is 10.1. The zero-order valence-corrected chi connectivity index (χ0v) is 7.99. The number of para-hydroxylation sites is 1. The van der Waals surface area contributed by atoms with Gasteiger partial charge in [0.05, 0.1) is 5.56 Å². The molecule has 0 aliphatic rings. The van der Waals surface area contributed by atoms with Crippen molar-refractivity contribution in [3.63, 3.8) is 0 Å². The Bertz CT molecular complexity index is 336. The highest BCUT2D eigenvalue weighted by atomic mass is 16.7. The lowest BCUT2D eigenvalue weighted by molar-refractivity contribution is 0.0509. The van der Waals surface area contributed by atoms with E-state index in [0.717, 1.165) is 5.56 Å². The van der Waals surface area contributed by atoms with Gasteiger partial charge in [-0.05, 0) is 12.1 Å². The van der Waals surface area contributed by atoms with E-state index < -0.39 is 0 Å². The molecule has 0 aliphatic carbocycles. The number of rotatable bonds is 3. The molecule has 0 amide bonds. The third-order valence-electron chi connectivity index (χ3n) is 1.52. The first-order chi connectivity index (χ1) is 6.88. The van der Waals surface area contributed by atoms with E-state index in [-0.39, 0.29) is 13.4 Å². The van der Waals surface area contributed by atoms with Crippen LogP contribution >= 0.6 is 0 Å². The second-order valence-corrected chi connectivity index (χ2v) is 2.51. The number of benzene rings is 1. The Kier molecular flexibility index (Phi) is 4.56. The fraction of sp³-hybridized carbons (Fsp3) is 0.273. The van der Waals surface area contributed by atoms with Crippen LogP contribution in [-0.2, 0) is 4.74 Å². The van der Waals surface area contributed by atoms with E-state index >= 15 is 0 Å². The molecule has 1 N–H and O–H groups in total. The highest BCUT2D eigenvalue weighted by Crippen LogP contribution is 2.16. The molecule has 1 rings (SSSR count). The summed E-state index contributed by atoms with van der Waals surface area (Å²) in [6, 6.07) is 7.35. The van der Waals surface area contributed by atoms with Crippen LogP contribution in [0, 0.1) is 11.8 Å². The highest BCUT2D eigenvalue weighted by Gasteiger charge is 1.98. The lowest BCUT2D eigenvalue weighted by Gasteiger charge is -2.05. The average molecular weight is 192 g/mol. The third-order valence-corrected chi connectivity index (χ3v) is 1.52. The van der Waals surface area contributed by atoms with Crippen LogP contribution in [0.5, 0.6) is 5.75 Å². The molecule has 0 saturated carbocycles. The lowest BCUT2D eigenvalue weighted by atomic mass is 10.2. The SMILES string of the molecule is COCOc1ccccc1C#CCO. The maximum Gasteiger partial charge on any atom is 0.188 e. The molecule has 74 valence electrons. The summed E-state index contributed by atoms with van der Waals surface area (Å²) in [4.78, 5) is 0. The highest BCUT2D eigenvalue weighted by molar-refractivity contribution is 5.45. The van der Waals surface area contributed by atoms with E-state index in [0.29, 0.717) is 5.75 Å². The lowest BCUT2D eigenvalue weighted by Crippen LogP contribution is -2.00. The van der Waals surface area contributed by atoms with Gasteiger partial charge in [0.2, 0.25) is 0 Å². The first kappa shape index (κ1) is 10.6. The minimum Gasteiger partial charge on any atom is -0.466 e. The smallest absolute Gasteiger partial charge is 0.188 e. The summed E-state index contributed by atoms with van der Waals surface area (Å²) in [5.41, 5.74) is 0.749. The summed E-state index contributed by atoms with van der Waals surface area (Å²) in [6.07, 6.45) is 0. The third kappa shape index (κ3) is 3.09. The summed E-state index contributed by atoms with van der Waals surface area (Å²) in [5, 5.41) is 8.56. The van der Waals surface area contributed by atoms with Gasteiger partial charge in [0, 0.05) is 7.11 Å². The predicted octanol–water partition coefficient (Wildman–Crippen LogP) is 1.01. The van der Waals surface area contributed by atoms with E-state index in [2.05, 4.69) is 11.8 Å². The second kappa shape index (κ2) is 6.03. The van der Waals surface area contributed by atoms with Crippen molar-refractivity contribution >= 4 is 0 Å². The molecular weight excluding hydrogens is 180 g/mol. The largest absolute Gasteiger partial charge is 0.466 e. The summed E-state index contributed by atoms with van der Waals surface area (Å²) >= 11 is 0. The quantitative estimate of drug-likeness (QED) is 0.574. The Morgan fingerprint density at radius 3 is 2.86 bits per heavy atom. The van der Waals surface area contributed by atoms with Crippen LogP contribution < -0.4 is 4.74 Å². The molecule has 0 bridgehead atoms. The molecule has 3 nitrogen and oxygen atoms in total. The molecule has 14 heavy (non-hydrogen) atoms. The molecule has 0 aliphatic heterocycles. The van der Waals surface area contributed by atoms with Gasteiger partial charge in [0.1, 0.15) is 12.4 Å². The summed E-state index contributed by atoms with van der Waals surface area (Å²) in [6.45, 7) is 0.0381. The fourth-order valence-corrected chi connectivity index (χ4v) is 0.953. The number of aliphatic hydroxyl groups excluding tert-OH is 1. The van der Waals surface area contributed by atoms with Crippen molar-refractivity contribution in [3.05, 3.63) is 29.8 Å². The first-order valence-electron chi connectivity index (χ1n) is 4.19. The Morgan fingerprint density at radius 2 is 2.14 bits per heavy atom. The van der Waals surface area contributed by atoms with Gasteiger partial charge in [-0.25, -0.2) is 0 Å². The number of hydrogen-bond donors (Lipinski definition) is 1. The Morgan fingerprint density at radius 1 is 1.36 bits per heavy atom. The van der Waals surface area contributed by atoms with Gasteiger partial charge in [-0.1, -0.05) is 24.0 Å². The minimum atomic E-state index is -0.154. The fourth-order valence-electron chi connectivity index (χ4n) is 0.953. The van der Waals surface area contributed by atoms with Gasteiger partial charge in [-0.15, -0.1) is 0 Å². The molecule has 0 atom stereocenters. The molecule has 3 heteroatoms. The zero-order valence-electron chi connectivity index (χ0n) is 7.99. The number of methoxy groups -OCH3 is 1. The zero-order chi connectivity index (χ0) is 10.2. The summed E-state index contributed by atoms with van der Waals surface area (Å²) in [7, 11) is 1.56. The van der Waals surface area contributed by atoms with Crippen molar-refractivity contribution in [2.75, 3.05) is 20.5 Å². The number of aliphatic hydroxyl groups is 1. The van der Waals surface area contributed by atoms with Crippen molar-refractivity contribution in [2.24, 2.45) is 0 Å². The predicted molar refractivity (Wildman–Crippen MR) is 52.9 cm³/mol. The number of hydrogen-bond acceptors (Lipinski definition) is 3. The molecule has 0 aromatic heterocycles. The monoisotopic (exact) mass is 192 g/mol. The number of ether oxygens (including phenoxy) is 2. The van der Waals surface area contributed by atoms with Crippen LogP contribution in [0.25, 0.3) is 0 Å². The molecule has 0 radical (unpaired) electrons. The minimum absolute atomic E-state index is 0.154. The molecular formula is C11H12O3. The van der Waals surface area contributed by atoms with Crippen molar-refractivity contribution in [1.29, 1.82) is 0 Å². The van der Waals surface area contributed by atoms with Crippen molar-refractivity contribution in [3.8, 4) is 17.6 Å². The Balaban J connectivity index is 2.80. The standard InChI is InChI=1S/C11H12O3/c1-13-9-14-11-7-3-2-5-10(11)6-4-8-12/h2-3,5,7,12H,8-9H2,1H3. The average Bonchev–Trinajstić information content (AvgIpc) is 2.24. The van der Waals surface area contributed by atoms with E-state index in [1.54, 1.807) is 13.2 Å². The van der Waals surface area contributed by atoms with Crippen molar-refractivity contribution in [1.82, 2.24) is 0 Å². The van der Waals surface area contributed by atoms with Gasteiger partial charge in [-0.3, -0.25) is 0 Å².